The molecular formula is C25H20ClN3O4. The number of hydrogen-bond donors (Lipinski definition) is 2. The van der Waals surface area contributed by atoms with Crippen LogP contribution in [0.15, 0.2) is 84.0 Å². The first-order chi connectivity index (χ1) is 15.9. The number of halogens is 1. The number of anilines is 1. The molecule has 0 unspecified atom stereocenters. The fraction of sp³-hybridized carbons (Fsp3) is 0.0400. The highest BCUT2D eigenvalue weighted by molar-refractivity contribution is 6.39. The molecule has 3 rings (SSSR count). The van der Waals surface area contributed by atoms with Gasteiger partial charge in [0.05, 0.1) is 6.21 Å². The van der Waals surface area contributed by atoms with Crippen molar-refractivity contribution in [1.29, 1.82) is 0 Å². The number of rotatable bonds is 6. The molecule has 0 saturated heterocycles. The van der Waals surface area contributed by atoms with E-state index in [9.17, 15) is 14.4 Å². The molecule has 7 nitrogen and oxygen atoms in total. The van der Waals surface area contributed by atoms with Gasteiger partial charge in [-0.05, 0) is 66.1 Å². The maximum atomic E-state index is 11.9. The van der Waals surface area contributed by atoms with E-state index in [0.29, 0.717) is 22.0 Å². The van der Waals surface area contributed by atoms with Gasteiger partial charge in [-0.2, -0.15) is 5.10 Å². The molecule has 3 aromatic rings. The number of aryl methyl sites for hydroxylation is 1. The molecule has 2 amide bonds. The van der Waals surface area contributed by atoms with Gasteiger partial charge in [0.2, 0.25) is 0 Å². The molecule has 33 heavy (non-hydrogen) atoms. The summed E-state index contributed by atoms with van der Waals surface area (Å²) < 4.78 is 5.24. The van der Waals surface area contributed by atoms with Crippen LogP contribution in [-0.4, -0.2) is 24.0 Å². The fourth-order valence-electron chi connectivity index (χ4n) is 2.58. The van der Waals surface area contributed by atoms with Crippen molar-refractivity contribution in [3.63, 3.8) is 0 Å². The van der Waals surface area contributed by atoms with Gasteiger partial charge in [0.1, 0.15) is 5.75 Å². The first kappa shape index (κ1) is 23.4. The standard InChI is InChI=1S/C25H20ClN3O4/c1-17-7-11-20(15-22(17)26)28-24(31)25(32)29-27-16-19-8-12-21(13-9-19)33-23(30)14-10-18-5-3-2-4-6-18/h2-16H,1H3,(H,28,31)(H,29,32)/b14-10+,27-16-. The van der Waals surface area contributed by atoms with E-state index in [1.165, 1.54) is 12.3 Å². The van der Waals surface area contributed by atoms with E-state index in [4.69, 9.17) is 16.3 Å². The smallest absolute Gasteiger partial charge is 0.336 e. The van der Waals surface area contributed by atoms with E-state index < -0.39 is 17.8 Å². The molecule has 166 valence electrons. The number of carbonyl (C=O) groups is 3. The number of hydrazone groups is 1. The Labute approximate surface area is 195 Å². The Hall–Kier alpha value is -4.23. The second-order valence-corrected chi connectivity index (χ2v) is 7.26. The molecule has 8 heteroatoms. The van der Waals surface area contributed by atoms with Gasteiger partial charge in [-0.1, -0.05) is 48.0 Å². The van der Waals surface area contributed by atoms with Crippen molar-refractivity contribution in [2.24, 2.45) is 5.10 Å². The van der Waals surface area contributed by atoms with Crippen LogP contribution < -0.4 is 15.5 Å². The lowest BCUT2D eigenvalue weighted by Crippen LogP contribution is -2.32. The van der Waals surface area contributed by atoms with Crippen molar-refractivity contribution >= 4 is 47.4 Å². The monoisotopic (exact) mass is 461 g/mol. The molecule has 0 spiro atoms. The minimum Gasteiger partial charge on any atom is -0.423 e. The zero-order chi connectivity index (χ0) is 23.6. The average molecular weight is 462 g/mol. The largest absolute Gasteiger partial charge is 0.423 e. The minimum absolute atomic E-state index is 0.357. The van der Waals surface area contributed by atoms with E-state index in [-0.39, 0.29) is 0 Å². The molecule has 2 N–H and O–H groups in total. The summed E-state index contributed by atoms with van der Waals surface area (Å²) in [4.78, 5) is 35.8. The number of ether oxygens (including phenoxy) is 1. The topological polar surface area (TPSA) is 96.9 Å². The van der Waals surface area contributed by atoms with E-state index in [1.807, 2.05) is 37.3 Å². The van der Waals surface area contributed by atoms with Gasteiger partial charge >= 0.3 is 17.8 Å². The molecule has 0 aliphatic rings. The summed E-state index contributed by atoms with van der Waals surface area (Å²) in [6, 6.07) is 20.8. The molecule has 0 aliphatic heterocycles. The number of benzene rings is 3. The summed E-state index contributed by atoms with van der Waals surface area (Å²) >= 11 is 6.00. The van der Waals surface area contributed by atoms with Crippen LogP contribution in [0.3, 0.4) is 0 Å². The summed E-state index contributed by atoms with van der Waals surface area (Å²) in [7, 11) is 0. The third kappa shape index (κ3) is 7.45. The molecule has 0 atom stereocenters. The number of nitrogens with one attached hydrogen (secondary N) is 2. The van der Waals surface area contributed by atoms with Crippen molar-refractivity contribution in [2.75, 3.05) is 5.32 Å². The first-order valence-corrected chi connectivity index (χ1v) is 10.2. The zero-order valence-electron chi connectivity index (χ0n) is 17.6. The van der Waals surface area contributed by atoms with Crippen LogP contribution in [-0.2, 0) is 14.4 Å². The summed E-state index contributed by atoms with van der Waals surface area (Å²) in [6.07, 6.45) is 4.36. The van der Waals surface area contributed by atoms with Gasteiger partial charge in [-0.15, -0.1) is 0 Å². The summed E-state index contributed by atoms with van der Waals surface area (Å²) in [5.74, 6) is -1.96. The van der Waals surface area contributed by atoms with E-state index in [2.05, 4.69) is 15.8 Å². The van der Waals surface area contributed by atoms with Crippen molar-refractivity contribution in [3.05, 3.63) is 101 Å². The number of hydrogen-bond acceptors (Lipinski definition) is 5. The van der Waals surface area contributed by atoms with Crippen LogP contribution >= 0.6 is 11.6 Å². The Kier molecular flexibility index (Phi) is 8.10. The Balaban J connectivity index is 1.47. The van der Waals surface area contributed by atoms with Crippen LogP contribution in [0.25, 0.3) is 6.08 Å². The molecule has 0 fully saturated rings. The molecule has 0 heterocycles. The lowest BCUT2D eigenvalue weighted by molar-refractivity contribution is -0.136. The first-order valence-electron chi connectivity index (χ1n) is 9.86. The third-order valence-corrected chi connectivity index (χ3v) is 4.73. The van der Waals surface area contributed by atoms with E-state index in [0.717, 1.165) is 11.1 Å². The normalized spacial score (nSPS) is 10.8. The molecule has 0 radical (unpaired) electrons. The lowest BCUT2D eigenvalue weighted by Gasteiger charge is -2.05. The maximum Gasteiger partial charge on any atom is 0.336 e. The fourth-order valence-corrected chi connectivity index (χ4v) is 2.76. The Morgan fingerprint density at radius 2 is 1.64 bits per heavy atom. The van der Waals surface area contributed by atoms with Crippen LogP contribution in [0.4, 0.5) is 5.69 Å². The number of carbonyl (C=O) groups excluding carboxylic acids is 3. The van der Waals surface area contributed by atoms with Gasteiger partial charge in [-0.25, -0.2) is 10.2 Å². The van der Waals surface area contributed by atoms with Crippen LogP contribution in [0, 0.1) is 6.92 Å². The van der Waals surface area contributed by atoms with Gasteiger partial charge in [0.25, 0.3) is 0 Å². The summed E-state index contributed by atoms with van der Waals surface area (Å²) in [5, 5.41) is 6.68. The van der Waals surface area contributed by atoms with Gasteiger partial charge in [-0.3, -0.25) is 9.59 Å². The molecule has 0 aliphatic carbocycles. The summed E-state index contributed by atoms with van der Waals surface area (Å²) in [6.45, 7) is 1.83. The van der Waals surface area contributed by atoms with Crippen LogP contribution in [0.5, 0.6) is 5.75 Å². The summed E-state index contributed by atoms with van der Waals surface area (Å²) in [5.41, 5.74) is 4.92. The van der Waals surface area contributed by atoms with Crippen molar-refractivity contribution in [1.82, 2.24) is 5.43 Å². The van der Waals surface area contributed by atoms with E-state index >= 15 is 0 Å². The SMILES string of the molecule is Cc1ccc(NC(=O)C(=O)N/N=C\c2ccc(OC(=O)/C=C/c3ccccc3)cc2)cc1Cl. The van der Waals surface area contributed by atoms with Crippen molar-refractivity contribution in [3.8, 4) is 5.75 Å². The number of esters is 1. The predicted octanol–water partition coefficient (Wildman–Crippen LogP) is 4.36. The van der Waals surface area contributed by atoms with Crippen LogP contribution in [0.1, 0.15) is 16.7 Å². The highest BCUT2D eigenvalue weighted by atomic mass is 35.5. The van der Waals surface area contributed by atoms with Crippen LogP contribution in [0.2, 0.25) is 5.02 Å². The number of amides is 2. The third-order valence-electron chi connectivity index (χ3n) is 4.33. The molecule has 0 aromatic heterocycles. The quantitative estimate of drug-likeness (QED) is 0.142. The Morgan fingerprint density at radius 1 is 0.909 bits per heavy atom. The van der Waals surface area contributed by atoms with Crippen molar-refractivity contribution in [2.45, 2.75) is 6.92 Å². The van der Waals surface area contributed by atoms with Gasteiger partial charge in [0.15, 0.2) is 0 Å². The Bertz CT molecular complexity index is 1210. The average Bonchev–Trinajstić information content (AvgIpc) is 2.82. The second-order valence-electron chi connectivity index (χ2n) is 6.85. The molecule has 3 aromatic carbocycles. The lowest BCUT2D eigenvalue weighted by atomic mass is 10.2. The van der Waals surface area contributed by atoms with Crippen molar-refractivity contribution < 1.29 is 19.1 Å². The molecule has 0 saturated carbocycles. The maximum absolute atomic E-state index is 11.9. The molecular weight excluding hydrogens is 442 g/mol. The number of nitrogens with zero attached hydrogens (tertiary/aromatic N) is 1. The highest BCUT2D eigenvalue weighted by Gasteiger charge is 2.13. The van der Waals surface area contributed by atoms with Gasteiger partial charge < -0.3 is 10.1 Å². The second kappa shape index (κ2) is 11.4. The Morgan fingerprint density at radius 3 is 2.33 bits per heavy atom. The highest BCUT2D eigenvalue weighted by Crippen LogP contribution is 2.19. The van der Waals surface area contributed by atoms with E-state index in [1.54, 1.807) is 48.5 Å². The van der Waals surface area contributed by atoms with Gasteiger partial charge in [0, 0.05) is 16.8 Å². The zero-order valence-corrected chi connectivity index (χ0v) is 18.4. The molecule has 0 bridgehead atoms. The minimum atomic E-state index is -0.932. The predicted molar refractivity (Wildman–Crippen MR) is 128 cm³/mol.